The third kappa shape index (κ3) is 5.03. The highest BCUT2D eigenvalue weighted by atomic mass is 16.5. The third-order valence-corrected chi connectivity index (χ3v) is 5.12. The van der Waals surface area contributed by atoms with E-state index in [0.29, 0.717) is 6.42 Å². The highest BCUT2D eigenvalue weighted by Crippen LogP contribution is 2.23. The monoisotopic (exact) mass is 366 g/mol. The Morgan fingerprint density at radius 1 is 1.07 bits per heavy atom. The van der Waals surface area contributed by atoms with Crippen molar-refractivity contribution in [3.8, 4) is 5.75 Å². The van der Waals surface area contributed by atoms with Crippen molar-refractivity contribution in [1.29, 1.82) is 0 Å². The molecule has 1 amide bonds. The van der Waals surface area contributed by atoms with Crippen molar-refractivity contribution in [3.63, 3.8) is 0 Å². The Morgan fingerprint density at radius 3 is 2.41 bits per heavy atom. The number of hydrogen-bond acceptors (Lipinski definition) is 3. The number of ether oxygens (including phenoxy) is 1. The van der Waals surface area contributed by atoms with E-state index >= 15 is 0 Å². The topological polar surface area (TPSA) is 41.6 Å². The average molecular weight is 367 g/mol. The maximum absolute atomic E-state index is 12.7. The molecule has 27 heavy (non-hydrogen) atoms. The van der Waals surface area contributed by atoms with Gasteiger partial charge in [-0.1, -0.05) is 24.6 Å². The summed E-state index contributed by atoms with van der Waals surface area (Å²) in [6.07, 6.45) is 3.95. The Kier molecular flexibility index (Phi) is 6.38. The van der Waals surface area contributed by atoms with Crippen LogP contribution in [-0.2, 0) is 4.79 Å². The number of aryl methyl sites for hydroxylation is 2. The van der Waals surface area contributed by atoms with Crippen molar-refractivity contribution in [2.24, 2.45) is 0 Å². The molecular formula is C23H30N2O2. The van der Waals surface area contributed by atoms with Crippen LogP contribution in [0.1, 0.15) is 43.7 Å². The van der Waals surface area contributed by atoms with Crippen LogP contribution in [0.5, 0.6) is 5.75 Å². The van der Waals surface area contributed by atoms with E-state index in [4.69, 9.17) is 4.74 Å². The van der Waals surface area contributed by atoms with E-state index in [2.05, 4.69) is 28.4 Å². The summed E-state index contributed by atoms with van der Waals surface area (Å²) >= 11 is 0. The molecule has 1 atom stereocenters. The highest BCUT2D eigenvalue weighted by Gasteiger charge is 2.19. The number of piperidine rings is 1. The van der Waals surface area contributed by atoms with Gasteiger partial charge >= 0.3 is 0 Å². The van der Waals surface area contributed by atoms with E-state index in [-0.39, 0.29) is 5.91 Å². The van der Waals surface area contributed by atoms with Gasteiger partial charge in [0, 0.05) is 24.5 Å². The number of nitrogens with one attached hydrogen (secondary N) is 1. The molecule has 3 rings (SSSR count). The first-order chi connectivity index (χ1) is 13.1. The molecule has 1 fully saturated rings. The molecule has 1 N–H and O–H groups in total. The zero-order chi connectivity index (χ0) is 19.2. The summed E-state index contributed by atoms with van der Waals surface area (Å²) in [4.78, 5) is 15.1. The van der Waals surface area contributed by atoms with Gasteiger partial charge < -0.3 is 15.0 Å². The maximum Gasteiger partial charge on any atom is 0.265 e. The number of benzene rings is 2. The standard InChI is InChI=1S/C23H30N2O2/c1-4-21(27-22-13-8-17(2)16-18(22)3)23(26)24-19-9-11-20(12-10-19)25-14-6-5-7-15-25/h8-13,16,21H,4-7,14-15H2,1-3H3,(H,24,26)/t21-/m1/s1. The van der Waals surface area contributed by atoms with Gasteiger partial charge in [-0.05, 0) is 75.4 Å². The molecule has 0 spiro atoms. The maximum atomic E-state index is 12.7. The SMILES string of the molecule is CC[C@@H](Oc1ccc(C)cc1C)C(=O)Nc1ccc(N2CCCCC2)cc1. The van der Waals surface area contributed by atoms with Crippen molar-refractivity contribution in [2.45, 2.75) is 52.6 Å². The van der Waals surface area contributed by atoms with Crippen LogP contribution >= 0.6 is 0 Å². The van der Waals surface area contributed by atoms with Crippen LogP contribution in [0.4, 0.5) is 11.4 Å². The van der Waals surface area contributed by atoms with Crippen molar-refractivity contribution in [3.05, 3.63) is 53.6 Å². The summed E-state index contributed by atoms with van der Waals surface area (Å²) in [6.45, 7) is 8.26. The molecule has 4 heteroatoms. The predicted molar refractivity (Wildman–Crippen MR) is 112 cm³/mol. The Hall–Kier alpha value is -2.49. The lowest BCUT2D eigenvalue weighted by Crippen LogP contribution is -2.32. The number of carbonyl (C=O) groups is 1. The van der Waals surface area contributed by atoms with Crippen LogP contribution in [0.2, 0.25) is 0 Å². The fourth-order valence-electron chi connectivity index (χ4n) is 3.54. The number of hydrogen-bond donors (Lipinski definition) is 1. The fourth-order valence-corrected chi connectivity index (χ4v) is 3.54. The summed E-state index contributed by atoms with van der Waals surface area (Å²) < 4.78 is 5.98. The fraction of sp³-hybridized carbons (Fsp3) is 0.435. The molecule has 0 unspecified atom stereocenters. The van der Waals surface area contributed by atoms with Gasteiger partial charge in [0.2, 0.25) is 0 Å². The number of anilines is 2. The molecule has 1 aliphatic heterocycles. The van der Waals surface area contributed by atoms with Crippen LogP contribution in [-0.4, -0.2) is 25.1 Å². The van der Waals surface area contributed by atoms with Gasteiger partial charge in [0.05, 0.1) is 0 Å². The molecule has 1 saturated heterocycles. The minimum Gasteiger partial charge on any atom is -0.480 e. The van der Waals surface area contributed by atoms with E-state index in [1.165, 1.54) is 30.5 Å². The van der Waals surface area contributed by atoms with Gasteiger partial charge in [0.1, 0.15) is 5.75 Å². The second kappa shape index (κ2) is 8.94. The van der Waals surface area contributed by atoms with Crippen molar-refractivity contribution >= 4 is 17.3 Å². The molecule has 0 bridgehead atoms. The van der Waals surface area contributed by atoms with Crippen LogP contribution < -0.4 is 15.0 Å². The van der Waals surface area contributed by atoms with E-state index < -0.39 is 6.10 Å². The van der Waals surface area contributed by atoms with E-state index in [1.807, 2.05) is 45.0 Å². The molecular weight excluding hydrogens is 336 g/mol. The zero-order valence-corrected chi connectivity index (χ0v) is 16.6. The summed E-state index contributed by atoms with van der Waals surface area (Å²) in [6, 6.07) is 14.1. The number of amides is 1. The molecule has 1 heterocycles. The molecule has 144 valence electrons. The van der Waals surface area contributed by atoms with Crippen molar-refractivity contribution in [1.82, 2.24) is 0 Å². The van der Waals surface area contributed by atoms with Gasteiger partial charge in [0.15, 0.2) is 6.10 Å². The lowest BCUT2D eigenvalue weighted by Gasteiger charge is -2.29. The van der Waals surface area contributed by atoms with Gasteiger partial charge in [0.25, 0.3) is 5.91 Å². The quantitative estimate of drug-likeness (QED) is 0.774. The molecule has 0 aliphatic carbocycles. The minimum atomic E-state index is -0.506. The van der Waals surface area contributed by atoms with Gasteiger partial charge in [-0.25, -0.2) is 0 Å². The molecule has 0 aromatic heterocycles. The molecule has 4 nitrogen and oxygen atoms in total. The lowest BCUT2D eigenvalue weighted by atomic mass is 10.1. The normalized spacial score (nSPS) is 15.3. The third-order valence-electron chi connectivity index (χ3n) is 5.12. The average Bonchev–Trinajstić information content (AvgIpc) is 2.68. The van der Waals surface area contributed by atoms with Crippen LogP contribution in [0.3, 0.4) is 0 Å². The zero-order valence-electron chi connectivity index (χ0n) is 16.6. The molecule has 0 saturated carbocycles. The van der Waals surface area contributed by atoms with Gasteiger partial charge in [-0.2, -0.15) is 0 Å². The smallest absolute Gasteiger partial charge is 0.265 e. The predicted octanol–water partition coefficient (Wildman–Crippen LogP) is 5.09. The van der Waals surface area contributed by atoms with E-state index in [0.717, 1.165) is 30.1 Å². The number of nitrogens with zero attached hydrogens (tertiary/aromatic N) is 1. The number of carbonyl (C=O) groups excluding carboxylic acids is 1. The summed E-state index contributed by atoms with van der Waals surface area (Å²) in [5, 5.41) is 2.99. The first-order valence-corrected chi connectivity index (χ1v) is 9.96. The Labute approximate surface area is 162 Å². The number of rotatable bonds is 6. The highest BCUT2D eigenvalue weighted by molar-refractivity contribution is 5.94. The largest absolute Gasteiger partial charge is 0.480 e. The molecule has 2 aromatic rings. The molecule has 1 aliphatic rings. The van der Waals surface area contributed by atoms with E-state index in [9.17, 15) is 4.79 Å². The van der Waals surface area contributed by atoms with Crippen molar-refractivity contribution in [2.75, 3.05) is 23.3 Å². The molecule has 0 radical (unpaired) electrons. The van der Waals surface area contributed by atoms with Gasteiger partial charge in [-0.3, -0.25) is 4.79 Å². The van der Waals surface area contributed by atoms with Crippen LogP contribution in [0, 0.1) is 13.8 Å². The first-order valence-electron chi connectivity index (χ1n) is 9.96. The van der Waals surface area contributed by atoms with Crippen LogP contribution in [0.15, 0.2) is 42.5 Å². The summed E-state index contributed by atoms with van der Waals surface area (Å²) in [7, 11) is 0. The van der Waals surface area contributed by atoms with E-state index in [1.54, 1.807) is 0 Å². The Morgan fingerprint density at radius 2 is 1.78 bits per heavy atom. The van der Waals surface area contributed by atoms with Gasteiger partial charge in [-0.15, -0.1) is 0 Å². The Bertz CT molecular complexity index is 764. The summed E-state index contributed by atoms with van der Waals surface area (Å²) in [5.74, 6) is 0.659. The second-order valence-corrected chi connectivity index (χ2v) is 7.37. The minimum absolute atomic E-state index is 0.108. The second-order valence-electron chi connectivity index (χ2n) is 7.37. The van der Waals surface area contributed by atoms with Crippen LogP contribution in [0.25, 0.3) is 0 Å². The first kappa shape index (κ1) is 19.3. The van der Waals surface area contributed by atoms with Crippen molar-refractivity contribution < 1.29 is 9.53 Å². The molecule has 2 aromatic carbocycles. The lowest BCUT2D eigenvalue weighted by molar-refractivity contribution is -0.122. The summed E-state index contributed by atoms with van der Waals surface area (Å²) in [5.41, 5.74) is 4.27. The Balaban J connectivity index is 1.62.